The highest BCUT2D eigenvalue weighted by molar-refractivity contribution is 6.31. The summed E-state index contributed by atoms with van der Waals surface area (Å²) in [5, 5.41) is 12.6. The van der Waals surface area contributed by atoms with Gasteiger partial charge in [0.1, 0.15) is 5.82 Å². The van der Waals surface area contributed by atoms with E-state index in [-0.39, 0.29) is 5.41 Å². The Labute approximate surface area is 146 Å². The summed E-state index contributed by atoms with van der Waals surface area (Å²) in [4.78, 5) is 4.10. The number of aromatic nitrogens is 3. The van der Waals surface area contributed by atoms with Crippen molar-refractivity contribution in [1.82, 2.24) is 15.2 Å². The Kier molecular flexibility index (Phi) is 4.76. The monoisotopic (exact) mass is 338 g/mol. The lowest BCUT2D eigenvalue weighted by Crippen LogP contribution is -2.28. The number of pyridine rings is 1. The van der Waals surface area contributed by atoms with Gasteiger partial charge >= 0.3 is 0 Å². The molecule has 0 radical (unpaired) electrons. The molecule has 3 rings (SSSR count). The van der Waals surface area contributed by atoms with Crippen LogP contribution >= 0.6 is 11.6 Å². The third-order valence-electron chi connectivity index (χ3n) is 3.94. The second kappa shape index (κ2) is 6.97. The Morgan fingerprint density at radius 2 is 1.83 bits per heavy atom. The largest absolute Gasteiger partial charge is 0.368 e. The average molecular weight is 339 g/mol. The Morgan fingerprint density at radius 1 is 1.00 bits per heavy atom. The number of nitrogens with zero attached hydrogens (tertiary/aromatic N) is 3. The highest BCUT2D eigenvalue weighted by Crippen LogP contribution is 2.29. The van der Waals surface area contributed by atoms with Crippen molar-refractivity contribution in [2.45, 2.75) is 19.3 Å². The normalized spacial score (nSPS) is 11.3. The lowest BCUT2D eigenvalue weighted by molar-refractivity contribution is 0.556. The number of halogens is 1. The molecule has 0 fully saturated rings. The van der Waals surface area contributed by atoms with E-state index in [4.69, 9.17) is 11.6 Å². The van der Waals surface area contributed by atoms with E-state index in [2.05, 4.69) is 40.4 Å². The van der Waals surface area contributed by atoms with Gasteiger partial charge in [0.15, 0.2) is 0 Å². The second-order valence-electron chi connectivity index (χ2n) is 6.26. The van der Waals surface area contributed by atoms with Gasteiger partial charge in [0.05, 0.1) is 5.69 Å². The number of nitrogens with one attached hydrogen (secondary N) is 1. The van der Waals surface area contributed by atoms with E-state index in [0.29, 0.717) is 6.54 Å². The van der Waals surface area contributed by atoms with Crippen LogP contribution in [0.5, 0.6) is 0 Å². The highest BCUT2D eigenvalue weighted by Gasteiger charge is 2.23. The molecule has 2 aromatic heterocycles. The maximum atomic E-state index is 6.32. The maximum absolute atomic E-state index is 6.32. The summed E-state index contributed by atoms with van der Waals surface area (Å²) in [6, 6.07) is 15.6. The number of rotatable bonds is 5. The summed E-state index contributed by atoms with van der Waals surface area (Å²) >= 11 is 6.32. The molecule has 122 valence electrons. The SMILES string of the molecule is CC(C)(CNc1ccc(-c2cccnc2)nn1)c1ccccc1Cl. The molecule has 0 spiro atoms. The van der Waals surface area contributed by atoms with Crippen molar-refractivity contribution in [3.05, 3.63) is 71.5 Å². The molecule has 5 heteroatoms. The summed E-state index contributed by atoms with van der Waals surface area (Å²) in [7, 11) is 0. The van der Waals surface area contributed by atoms with E-state index in [9.17, 15) is 0 Å². The predicted octanol–water partition coefficient (Wildman–Crippen LogP) is 4.58. The lowest BCUT2D eigenvalue weighted by Gasteiger charge is -2.26. The molecule has 4 nitrogen and oxygen atoms in total. The molecule has 0 bridgehead atoms. The second-order valence-corrected chi connectivity index (χ2v) is 6.67. The molecule has 0 aliphatic heterocycles. The third-order valence-corrected chi connectivity index (χ3v) is 4.27. The van der Waals surface area contributed by atoms with Crippen molar-refractivity contribution in [1.29, 1.82) is 0 Å². The fraction of sp³-hybridized carbons (Fsp3) is 0.211. The Morgan fingerprint density at radius 3 is 2.50 bits per heavy atom. The molecule has 0 aliphatic carbocycles. The van der Waals surface area contributed by atoms with Crippen molar-refractivity contribution in [3.63, 3.8) is 0 Å². The molecule has 2 heterocycles. The minimum atomic E-state index is -0.123. The van der Waals surface area contributed by atoms with E-state index < -0.39 is 0 Å². The van der Waals surface area contributed by atoms with Crippen LogP contribution in [0.2, 0.25) is 5.02 Å². The van der Waals surface area contributed by atoms with Gasteiger partial charge in [-0.1, -0.05) is 43.6 Å². The van der Waals surface area contributed by atoms with E-state index in [1.165, 1.54) is 0 Å². The zero-order chi connectivity index (χ0) is 17.0. The first-order chi connectivity index (χ1) is 11.6. The predicted molar refractivity (Wildman–Crippen MR) is 98.2 cm³/mol. The first-order valence-corrected chi connectivity index (χ1v) is 8.17. The third kappa shape index (κ3) is 3.71. The average Bonchev–Trinajstić information content (AvgIpc) is 2.61. The Bertz CT molecular complexity index is 801. The quantitative estimate of drug-likeness (QED) is 0.739. The van der Waals surface area contributed by atoms with Crippen LogP contribution in [-0.2, 0) is 5.41 Å². The fourth-order valence-electron chi connectivity index (χ4n) is 2.51. The van der Waals surface area contributed by atoms with Crippen LogP contribution in [0.1, 0.15) is 19.4 Å². The summed E-state index contributed by atoms with van der Waals surface area (Å²) in [5.41, 5.74) is 2.74. The summed E-state index contributed by atoms with van der Waals surface area (Å²) < 4.78 is 0. The topological polar surface area (TPSA) is 50.7 Å². The molecular weight excluding hydrogens is 320 g/mol. The standard InChI is InChI=1S/C19H19ClN4/c1-19(2,15-7-3-4-8-16(15)20)13-22-18-10-9-17(23-24-18)14-6-5-11-21-12-14/h3-12H,13H2,1-2H3,(H,22,24). The van der Waals surface area contributed by atoms with Gasteiger partial charge in [-0.05, 0) is 35.9 Å². The molecule has 0 saturated heterocycles. The first kappa shape index (κ1) is 16.4. The summed E-state index contributed by atoms with van der Waals surface area (Å²) in [6.07, 6.45) is 3.52. The van der Waals surface area contributed by atoms with E-state index >= 15 is 0 Å². The highest BCUT2D eigenvalue weighted by atomic mass is 35.5. The fourth-order valence-corrected chi connectivity index (χ4v) is 2.90. The molecule has 0 aliphatic rings. The molecule has 1 aromatic carbocycles. The maximum Gasteiger partial charge on any atom is 0.148 e. The minimum absolute atomic E-state index is 0.123. The van der Waals surface area contributed by atoms with E-state index in [1.807, 2.05) is 42.5 Å². The smallest absolute Gasteiger partial charge is 0.148 e. The van der Waals surface area contributed by atoms with Gasteiger partial charge in [-0.25, -0.2) is 0 Å². The van der Waals surface area contributed by atoms with Crippen LogP contribution in [-0.4, -0.2) is 21.7 Å². The van der Waals surface area contributed by atoms with Crippen LogP contribution in [0.15, 0.2) is 60.9 Å². The van der Waals surface area contributed by atoms with Crippen LogP contribution in [0.4, 0.5) is 5.82 Å². The van der Waals surface area contributed by atoms with Gasteiger partial charge in [0, 0.05) is 34.9 Å². The van der Waals surface area contributed by atoms with Crippen molar-refractivity contribution in [2.75, 3.05) is 11.9 Å². The van der Waals surface area contributed by atoms with E-state index in [0.717, 1.165) is 27.7 Å². The molecule has 0 amide bonds. The summed E-state index contributed by atoms with van der Waals surface area (Å²) in [6.45, 7) is 5.01. The minimum Gasteiger partial charge on any atom is -0.368 e. The number of hydrogen-bond acceptors (Lipinski definition) is 4. The molecule has 1 N–H and O–H groups in total. The van der Waals surface area contributed by atoms with Gasteiger partial charge in [-0.2, -0.15) is 0 Å². The zero-order valence-corrected chi connectivity index (χ0v) is 14.5. The molecule has 3 aromatic rings. The van der Waals surface area contributed by atoms with Crippen molar-refractivity contribution < 1.29 is 0 Å². The Hall–Kier alpha value is -2.46. The molecule has 24 heavy (non-hydrogen) atoms. The Balaban J connectivity index is 1.70. The van der Waals surface area contributed by atoms with Crippen LogP contribution < -0.4 is 5.32 Å². The molecule has 0 unspecified atom stereocenters. The lowest BCUT2D eigenvalue weighted by atomic mass is 9.84. The molecule has 0 atom stereocenters. The van der Waals surface area contributed by atoms with Gasteiger partial charge in [-0.15, -0.1) is 10.2 Å². The van der Waals surface area contributed by atoms with Gasteiger partial charge < -0.3 is 5.32 Å². The van der Waals surface area contributed by atoms with Gasteiger partial charge in [0.25, 0.3) is 0 Å². The van der Waals surface area contributed by atoms with E-state index in [1.54, 1.807) is 12.4 Å². The van der Waals surface area contributed by atoms with Crippen LogP contribution in [0.3, 0.4) is 0 Å². The van der Waals surface area contributed by atoms with Gasteiger partial charge in [0.2, 0.25) is 0 Å². The first-order valence-electron chi connectivity index (χ1n) is 7.79. The van der Waals surface area contributed by atoms with Crippen molar-refractivity contribution in [3.8, 4) is 11.3 Å². The number of hydrogen-bond donors (Lipinski definition) is 1. The van der Waals surface area contributed by atoms with Gasteiger partial charge in [-0.3, -0.25) is 4.98 Å². The van der Waals surface area contributed by atoms with Crippen molar-refractivity contribution >= 4 is 17.4 Å². The summed E-state index contributed by atoms with van der Waals surface area (Å²) in [5.74, 6) is 0.739. The molecular formula is C19H19ClN4. The molecule has 0 saturated carbocycles. The number of anilines is 1. The van der Waals surface area contributed by atoms with Crippen molar-refractivity contribution in [2.24, 2.45) is 0 Å². The van der Waals surface area contributed by atoms with Crippen LogP contribution in [0.25, 0.3) is 11.3 Å². The number of benzene rings is 1. The van der Waals surface area contributed by atoms with Crippen LogP contribution in [0, 0.1) is 0 Å². The zero-order valence-electron chi connectivity index (χ0n) is 13.7.